The van der Waals surface area contributed by atoms with Gasteiger partial charge in [0.15, 0.2) is 0 Å². The highest BCUT2D eigenvalue weighted by Crippen LogP contribution is 2.25. The van der Waals surface area contributed by atoms with Crippen molar-refractivity contribution >= 4 is 34.4 Å². The largest absolute Gasteiger partial charge is 0.477 e. The molecule has 1 aromatic heterocycles. The van der Waals surface area contributed by atoms with E-state index < -0.39 is 5.97 Å². The van der Waals surface area contributed by atoms with Crippen LogP contribution in [0, 0.1) is 0 Å². The number of H-pyrrole nitrogens is 1. The number of aromatic nitrogens is 1. The number of benzene rings is 1. The Labute approximate surface area is 127 Å². The van der Waals surface area contributed by atoms with Gasteiger partial charge in [-0.25, -0.2) is 4.79 Å². The molecular weight excluding hydrogens is 292 g/mol. The van der Waals surface area contributed by atoms with Crippen molar-refractivity contribution in [2.75, 3.05) is 0 Å². The predicted octanol–water partition coefficient (Wildman–Crippen LogP) is 3.33. The number of unbranched alkanes of at least 4 members (excludes halogenated alkanes) is 1. The lowest BCUT2D eigenvalue weighted by atomic mass is 10.1. The van der Waals surface area contributed by atoms with Gasteiger partial charge < -0.3 is 15.4 Å². The predicted molar refractivity (Wildman–Crippen MR) is 81.6 cm³/mol. The van der Waals surface area contributed by atoms with Gasteiger partial charge in [-0.15, -0.1) is 0 Å². The Bertz CT molecular complexity index is 679. The van der Waals surface area contributed by atoms with Gasteiger partial charge in [-0.3, -0.25) is 4.79 Å². The molecule has 2 aromatic rings. The van der Waals surface area contributed by atoms with Gasteiger partial charge in [-0.1, -0.05) is 24.9 Å². The number of aromatic amines is 1. The normalized spacial score (nSPS) is 10.8. The molecule has 0 aliphatic rings. The summed E-state index contributed by atoms with van der Waals surface area (Å²) in [4.78, 5) is 25.9. The third-order valence-corrected chi connectivity index (χ3v) is 3.54. The van der Waals surface area contributed by atoms with Crippen LogP contribution in [0.4, 0.5) is 0 Å². The Morgan fingerprint density at radius 3 is 2.81 bits per heavy atom. The number of carbonyl (C=O) groups is 2. The van der Waals surface area contributed by atoms with Gasteiger partial charge in [-0.2, -0.15) is 0 Å². The molecule has 1 amide bonds. The van der Waals surface area contributed by atoms with Crippen LogP contribution in [0.1, 0.15) is 42.2 Å². The smallest absolute Gasteiger partial charge is 0.352 e. The summed E-state index contributed by atoms with van der Waals surface area (Å²) in [6, 6.07) is 5.12. The first-order valence-electron chi connectivity index (χ1n) is 6.83. The minimum atomic E-state index is -1.06. The number of nitrogens with one attached hydrogen (secondary N) is 2. The second-order valence-electron chi connectivity index (χ2n) is 4.85. The van der Waals surface area contributed by atoms with Crippen LogP contribution in [-0.4, -0.2) is 22.0 Å². The van der Waals surface area contributed by atoms with E-state index in [1.54, 1.807) is 18.2 Å². The van der Waals surface area contributed by atoms with Gasteiger partial charge >= 0.3 is 5.97 Å². The Balaban J connectivity index is 2.28. The fourth-order valence-electron chi connectivity index (χ4n) is 2.20. The maximum atomic E-state index is 11.7. The fraction of sp³-hybridized carbons (Fsp3) is 0.333. The highest BCUT2D eigenvalue weighted by Gasteiger charge is 2.17. The van der Waals surface area contributed by atoms with Crippen LogP contribution in [0.3, 0.4) is 0 Å². The van der Waals surface area contributed by atoms with Crippen LogP contribution in [0.15, 0.2) is 18.2 Å². The van der Waals surface area contributed by atoms with Crippen molar-refractivity contribution in [3.05, 3.63) is 34.5 Å². The van der Waals surface area contributed by atoms with E-state index in [1.165, 1.54) is 0 Å². The molecule has 1 heterocycles. The van der Waals surface area contributed by atoms with Crippen molar-refractivity contribution in [2.24, 2.45) is 0 Å². The molecule has 0 saturated carbocycles. The summed E-state index contributed by atoms with van der Waals surface area (Å²) in [7, 11) is 0. The number of carboxylic acids is 1. The molecule has 6 heteroatoms. The van der Waals surface area contributed by atoms with Crippen LogP contribution in [-0.2, 0) is 11.3 Å². The Morgan fingerprint density at radius 2 is 2.14 bits per heavy atom. The number of aromatic carboxylic acids is 1. The van der Waals surface area contributed by atoms with E-state index in [1.807, 2.05) is 6.92 Å². The van der Waals surface area contributed by atoms with E-state index in [-0.39, 0.29) is 18.1 Å². The quantitative estimate of drug-likeness (QED) is 0.765. The first-order chi connectivity index (χ1) is 10.0. The summed E-state index contributed by atoms with van der Waals surface area (Å²) in [6.07, 6.45) is 2.20. The molecule has 0 aliphatic heterocycles. The second kappa shape index (κ2) is 6.63. The SMILES string of the molecule is CCCCC(=O)NCc1c(C(=O)O)[nH]c2ccc(Cl)cc12. The van der Waals surface area contributed by atoms with Crippen LogP contribution in [0.5, 0.6) is 0 Å². The zero-order valence-corrected chi connectivity index (χ0v) is 12.5. The zero-order chi connectivity index (χ0) is 15.4. The minimum Gasteiger partial charge on any atom is -0.477 e. The average Bonchev–Trinajstić information content (AvgIpc) is 2.81. The number of hydrogen-bond acceptors (Lipinski definition) is 2. The lowest BCUT2D eigenvalue weighted by Gasteiger charge is -2.05. The summed E-state index contributed by atoms with van der Waals surface area (Å²) in [6.45, 7) is 2.18. The Kier molecular flexibility index (Phi) is 4.85. The van der Waals surface area contributed by atoms with Crippen LogP contribution in [0.25, 0.3) is 10.9 Å². The Hall–Kier alpha value is -2.01. The maximum Gasteiger partial charge on any atom is 0.352 e. The topological polar surface area (TPSA) is 82.2 Å². The second-order valence-corrected chi connectivity index (χ2v) is 5.29. The number of fused-ring (bicyclic) bond motifs is 1. The van der Waals surface area contributed by atoms with Crippen LogP contribution in [0.2, 0.25) is 5.02 Å². The lowest BCUT2D eigenvalue weighted by molar-refractivity contribution is -0.121. The summed E-state index contributed by atoms with van der Waals surface area (Å²) in [5, 5.41) is 13.3. The molecule has 0 radical (unpaired) electrons. The minimum absolute atomic E-state index is 0.0791. The van der Waals surface area contributed by atoms with Crippen molar-refractivity contribution in [2.45, 2.75) is 32.7 Å². The first-order valence-corrected chi connectivity index (χ1v) is 7.20. The Morgan fingerprint density at radius 1 is 1.38 bits per heavy atom. The molecule has 0 saturated heterocycles. The van der Waals surface area contributed by atoms with E-state index >= 15 is 0 Å². The molecule has 112 valence electrons. The van der Waals surface area contributed by atoms with Crippen molar-refractivity contribution in [1.29, 1.82) is 0 Å². The summed E-state index contributed by atoms with van der Waals surface area (Å²) in [5.41, 5.74) is 1.32. The highest BCUT2D eigenvalue weighted by atomic mass is 35.5. The van der Waals surface area contributed by atoms with Crippen molar-refractivity contribution in [3.8, 4) is 0 Å². The molecule has 0 aliphatic carbocycles. The monoisotopic (exact) mass is 308 g/mol. The van der Waals surface area contributed by atoms with Crippen LogP contribution < -0.4 is 5.32 Å². The molecule has 1 aromatic carbocycles. The fourth-order valence-corrected chi connectivity index (χ4v) is 2.37. The molecule has 2 rings (SSSR count). The van der Waals surface area contributed by atoms with E-state index in [2.05, 4.69) is 10.3 Å². The molecule has 0 fully saturated rings. The van der Waals surface area contributed by atoms with Gasteiger partial charge in [0.25, 0.3) is 0 Å². The molecule has 0 bridgehead atoms. The molecule has 5 nitrogen and oxygen atoms in total. The highest BCUT2D eigenvalue weighted by molar-refractivity contribution is 6.31. The van der Waals surface area contributed by atoms with Crippen molar-refractivity contribution in [3.63, 3.8) is 0 Å². The summed E-state index contributed by atoms with van der Waals surface area (Å²) in [5.74, 6) is -1.13. The lowest BCUT2D eigenvalue weighted by Crippen LogP contribution is -2.23. The average molecular weight is 309 g/mol. The molecule has 0 spiro atoms. The summed E-state index contributed by atoms with van der Waals surface area (Å²) >= 11 is 5.96. The number of amides is 1. The van der Waals surface area contributed by atoms with E-state index in [9.17, 15) is 14.7 Å². The number of halogens is 1. The molecular formula is C15H17ClN2O3. The van der Waals surface area contributed by atoms with Gasteiger partial charge in [0.05, 0.1) is 0 Å². The van der Waals surface area contributed by atoms with E-state index in [0.29, 0.717) is 22.5 Å². The molecule has 0 unspecified atom stereocenters. The summed E-state index contributed by atoms with van der Waals surface area (Å²) < 4.78 is 0. The van der Waals surface area contributed by atoms with Gasteiger partial charge in [0.1, 0.15) is 5.69 Å². The van der Waals surface area contributed by atoms with Gasteiger partial charge in [-0.05, 0) is 24.6 Å². The van der Waals surface area contributed by atoms with E-state index in [4.69, 9.17) is 11.6 Å². The third kappa shape index (κ3) is 3.55. The van der Waals surface area contributed by atoms with Gasteiger partial charge in [0.2, 0.25) is 5.91 Å². The first kappa shape index (κ1) is 15.4. The van der Waals surface area contributed by atoms with E-state index in [0.717, 1.165) is 18.2 Å². The van der Waals surface area contributed by atoms with Gasteiger partial charge in [0, 0.05) is 34.5 Å². The number of rotatable bonds is 6. The maximum absolute atomic E-state index is 11.7. The number of hydrogen-bond donors (Lipinski definition) is 3. The van der Waals surface area contributed by atoms with Crippen LogP contribution >= 0.6 is 11.6 Å². The zero-order valence-electron chi connectivity index (χ0n) is 11.7. The molecule has 0 atom stereocenters. The number of carboxylic acid groups (broad SMARTS) is 1. The third-order valence-electron chi connectivity index (χ3n) is 3.30. The molecule has 3 N–H and O–H groups in total. The molecule has 21 heavy (non-hydrogen) atoms. The van der Waals surface area contributed by atoms with Crippen molar-refractivity contribution < 1.29 is 14.7 Å². The number of carbonyl (C=O) groups excluding carboxylic acids is 1. The van der Waals surface area contributed by atoms with Crippen molar-refractivity contribution in [1.82, 2.24) is 10.3 Å². The standard InChI is InChI=1S/C15H17ClN2O3/c1-2-3-4-13(19)17-8-11-10-7-9(16)5-6-12(10)18-14(11)15(20)21/h5-7,18H,2-4,8H2,1H3,(H,17,19)(H,20,21).